The summed E-state index contributed by atoms with van der Waals surface area (Å²) in [7, 11) is -0.377. The third kappa shape index (κ3) is 4.24. The molecule has 0 atom stereocenters. The van der Waals surface area contributed by atoms with Gasteiger partial charge in [-0.1, -0.05) is 54.1 Å². The molecule has 0 saturated heterocycles. The fraction of sp³-hybridized carbons (Fsp3) is 0.107. The Balaban J connectivity index is 1.43. The van der Waals surface area contributed by atoms with E-state index in [4.69, 9.17) is 26.7 Å². The number of imidazole rings is 1. The maximum Gasteiger partial charge on any atom is 0.243 e. The first-order valence-corrected chi connectivity index (χ1v) is 13.7. The fourth-order valence-electron chi connectivity index (χ4n) is 4.44. The molecular formula is C28H23ClN6O2S. The van der Waals surface area contributed by atoms with E-state index in [1.54, 1.807) is 36.0 Å². The molecular weight excluding hydrogens is 520 g/mol. The molecule has 0 fully saturated rings. The lowest BCUT2D eigenvalue weighted by molar-refractivity contribution is 0.450. The lowest BCUT2D eigenvalue weighted by atomic mass is 10.1. The van der Waals surface area contributed by atoms with E-state index in [0.717, 1.165) is 27.4 Å². The Hall–Kier alpha value is -4.05. The number of aromatic nitrogens is 5. The zero-order chi connectivity index (χ0) is 26.4. The normalized spacial score (nSPS) is 12.1. The van der Waals surface area contributed by atoms with Gasteiger partial charge in [0.2, 0.25) is 16.0 Å². The molecule has 0 aliphatic carbocycles. The smallest absolute Gasteiger partial charge is 0.243 e. The highest BCUT2D eigenvalue weighted by Gasteiger charge is 2.26. The van der Waals surface area contributed by atoms with Crippen molar-refractivity contribution in [3.8, 4) is 17.3 Å². The number of fused-ring (bicyclic) bond motifs is 2. The molecule has 6 aromatic rings. The Kier molecular flexibility index (Phi) is 5.98. The van der Waals surface area contributed by atoms with Gasteiger partial charge in [0.25, 0.3) is 0 Å². The van der Waals surface area contributed by atoms with Gasteiger partial charge in [-0.3, -0.25) is 0 Å². The minimum atomic E-state index is -3.82. The van der Waals surface area contributed by atoms with Crippen LogP contribution in [0.1, 0.15) is 5.82 Å². The van der Waals surface area contributed by atoms with E-state index in [9.17, 15) is 8.42 Å². The topological polar surface area (TPSA) is 85.9 Å². The number of hydrogen-bond acceptors (Lipinski definition) is 5. The summed E-state index contributed by atoms with van der Waals surface area (Å²) < 4.78 is 32.0. The molecule has 10 heteroatoms. The van der Waals surface area contributed by atoms with E-state index in [0.29, 0.717) is 22.6 Å². The molecule has 0 aliphatic rings. The van der Waals surface area contributed by atoms with Crippen molar-refractivity contribution < 1.29 is 8.42 Å². The summed E-state index contributed by atoms with van der Waals surface area (Å²) in [5.41, 5.74) is 2.49. The molecule has 0 radical (unpaired) electrons. The van der Waals surface area contributed by atoms with Crippen molar-refractivity contribution in [2.75, 3.05) is 7.05 Å². The Bertz CT molecular complexity index is 1910. The molecule has 2 aromatic heterocycles. The quantitative estimate of drug-likeness (QED) is 0.279. The SMILES string of the molecule is CN(Cc1nc(-c2ccc(Cl)cc2)nn1-c1nc2ccccc2n1C)S(=O)(=O)c1ccc2ccccc2c1. The van der Waals surface area contributed by atoms with Crippen molar-refractivity contribution in [3.63, 3.8) is 0 Å². The van der Waals surface area contributed by atoms with Gasteiger partial charge < -0.3 is 4.57 Å². The Morgan fingerprint density at radius 2 is 1.58 bits per heavy atom. The average Bonchev–Trinajstić information content (AvgIpc) is 3.49. The van der Waals surface area contributed by atoms with Crippen molar-refractivity contribution in [1.82, 2.24) is 28.6 Å². The number of para-hydroxylation sites is 2. The largest absolute Gasteiger partial charge is 0.311 e. The standard InChI is InChI=1S/C28H23ClN6O2S/c1-33(38(36,37)23-16-13-19-7-3-4-8-21(19)17-23)18-26-31-27(20-11-14-22(29)15-12-20)32-35(26)28-30-24-9-5-6-10-25(24)34(28)2/h3-17H,18H2,1-2H3. The Labute approximate surface area is 224 Å². The number of hydrogen-bond donors (Lipinski definition) is 0. The van der Waals surface area contributed by atoms with Gasteiger partial charge in [-0.15, -0.1) is 5.10 Å². The molecule has 0 unspecified atom stereocenters. The lowest BCUT2D eigenvalue weighted by Gasteiger charge is -2.17. The van der Waals surface area contributed by atoms with E-state index in [2.05, 4.69) is 0 Å². The Morgan fingerprint density at radius 1 is 0.868 bits per heavy atom. The fourth-order valence-corrected chi connectivity index (χ4v) is 5.73. The zero-order valence-electron chi connectivity index (χ0n) is 20.7. The first kappa shape index (κ1) is 24.3. The van der Waals surface area contributed by atoms with E-state index in [1.165, 1.54) is 4.31 Å². The number of sulfonamides is 1. The van der Waals surface area contributed by atoms with Crippen molar-refractivity contribution in [3.05, 3.63) is 102 Å². The van der Waals surface area contributed by atoms with Crippen LogP contribution in [0.4, 0.5) is 0 Å². The van der Waals surface area contributed by atoms with Crippen LogP contribution in [0.25, 0.3) is 39.1 Å². The zero-order valence-corrected chi connectivity index (χ0v) is 22.2. The summed E-state index contributed by atoms with van der Waals surface area (Å²) in [6.07, 6.45) is 0. The number of benzene rings is 4. The van der Waals surface area contributed by atoms with Gasteiger partial charge in [0.1, 0.15) is 0 Å². The summed E-state index contributed by atoms with van der Waals surface area (Å²) >= 11 is 6.08. The van der Waals surface area contributed by atoms with Gasteiger partial charge in [0.15, 0.2) is 11.6 Å². The van der Waals surface area contributed by atoms with Crippen LogP contribution in [0.3, 0.4) is 0 Å². The number of nitrogens with zero attached hydrogens (tertiary/aromatic N) is 6. The summed E-state index contributed by atoms with van der Waals surface area (Å²) in [6, 6.07) is 27.7. The highest BCUT2D eigenvalue weighted by molar-refractivity contribution is 7.89. The molecule has 0 bridgehead atoms. The van der Waals surface area contributed by atoms with Crippen LogP contribution in [-0.4, -0.2) is 44.1 Å². The van der Waals surface area contributed by atoms with E-state index < -0.39 is 10.0 Å². The van der Waals surface area contributed by atoms with Crippen LogP contribution in [-0.2, 0) is 23.6 Å². The highest BCUT2D eigenvalue weighted by Crippen LogP contribution is 2.26. The summed E-state index contributed by atoms with van der Waals surface area (Å²) in [5, 5.41) is 7.18. The summed E-state index contributed by atoms with van der Waals surface area (Å²) in [5.74, 6) is 1.41. The predicted octanol–water partition coefficient (Wildman–Crippen LogP) is 5.45. The molecule has 0 saturated carbocycles. The van der Waals surface area contributed by atoms with Crippen LogP contribution in [0.15, 0.2) is 95.9 Å². The summed E-state index contributed by atoms with van der Waals surface area (Å²) in [6.45, 7) is -0.0149. The predicted molar refractivity (Wildman–Crippen MR) is 149 cm³/mol. The van der Waals surface area contributed by atoms with Gasteiger partial charge in [-0.2, -0.15) is 8.99 Å². The molecule has 2 heterocycles. The van der Waals surface area contributed by atoms with Crippen LogP contribution in [0.2, 0.25) is 5.02 Å². The van der Waals surface area contributed by atoms with Gasteiger partial charge in [-0.25, -0.2) is 18.4 Å². The van der Waals surface area contributed by atoms with Crippen molar-refractivity contribution in [2.24, 2.45) is 7.05 Å². The number of aryl methyl sites for hydroxylation is 1. The second kappa shape index (κ2) is 9.36. The molecule has 0 N–H and O–H groups in total. The van der Waals surface area contributed by atoms with Gasteiger partial charge in [0.05, 0.1) is 22.5 Å². The minimum absolute atomic E-state index is 0.0149. The monoisotopic (exact) mass is 542 g/mol. The van der Waals surface area contributed by atoms with Crippen molar-refractivity contribution in [1.29, 1.82) is 0 Å². The van der Waals surface area contributed by atoms with E-state index in [1.807, 2.05) is 78.3 Å². The van der Waals surface area contributed by atoms with Crippen LogP contribution >= 0.6 is 11.6 Å². The third-order valence-electron chi connectivity index (χ3n) is 6.52. The second-order valence-corrected chi connectivity index (χ2v) is 11.5. The third-order valence-corrected chi connectivity index (χ3v) is 8.57. The van der Waals surface area contributed by atoms with Gasteiger partial charge in [0, 0.05) is 24.7 Å². The molecule has 0 amide bonds. The van der Waals surface area contributed by atoms with Gasteiger partial charge >= 0.3 is 0 Å². The first-order chi connectivity index (χ1) is 18.3. The number of halogens is 1. The van der Waals surface area contributed by atoms with Crippen molar-refractivity contribution in [2.45, 2.75) is 11.4 Å². The van der Waals surface area contributed by atoms with Crippen LogP contribution in [0.5, 0.6) is 0 Å². The molecule has 6 rings (SSSR count). The molecule has 4 aromatic carbocycles. The average molecular weight is 543 g/mol. The lowest BCUT2D eigenvalue weighted by Crippen LogP contribution is -2.28. The highest BCUT2D eigenvalue weighted by atomic mass is 35.5. The molecule has 0 aliphatic heterocycles. The van der Waals surface area contributed by atoms with E-state index >= 15 is 0 Å². The maximum absolute atomic E-state index is 13.6. The Morgan fingerprint density at radius 3 is 2.34 bits per heavy atom. The van der Waals surface area contributed by atoms with Crippen LogP contribution in [0, 0.1) is 0 Å². The number of rotatable bonds is 6. The van der Waals surface area contributed by atoms with Gasteiger partial charge in [-0.05, 0) is 59.3 Å². The first-order valence-electron chi connectivity index (χ1n) is 11.9. The summed E-state index contributed by atoms with van der Waals surface area (Å²) in [4.78, 5) is 9.72. The van der Waals surface area contributed by atoms with Crippen molar-refractivity contribution >= 4 is 43.4 Å². The molecule has 0 spiro atoms. The minimum Gasteiger partial charge on any atom is -0.311 e. The second-order valence-electron chi connectivity index (χ2n) is 9.00. The maximum atomic E-state index is 13.6. The van der Waals surface area contributed by atoms with E-state index in [-0.39, 0.29) is 11.4 Å². The molecule has 190 valence electrons. The molecule has 38 heavy (non-hydrogen) atoms. The van der Waals surface area contributed by atoms with Crippen LogP contribution < -0.4 is 0 Å². The molecule has 8 nitrogen and oxygen atoms in total.